The SMILES string of the molecule is CCNCC(c1ccccc1OC)C(CC)CC. The molecule has 0 aromatic heterocycles. The van der Waals surface area contributed by atoms with E-state index >= 15 is 0 Å². The molecule has 1 aromatic rings. The van der Waals surface area contributed by atoms with E-state index in [0.717, 1.165) is 18.8 Å². The highest BCUT2D eigenvalue weighted by molar-refractivity contribution is 5.36. The molecule has 0 fully saturated rings. The molecular formula is C16H27NO. The number of benzene rings is 1. The Hall–Kier alpha value is -1.02. The van der Waals surface area contributed by atoms with E-state index in [1.165, 1.54) is 18.4 Å². The average molecular weight is 249 g/mol. The first kappa shape index (κ1) is 15.0. The van der Waals surface area contributed by atoms with Crippen LogP contribution in [0.3, 0.4) is 0 Å². The van der Waals surface area contributed by atoms with Crippen LogP contribution in [0, 0.1) is 5.92 Å². The summed E-state index contributed by atoms with van der Waals surface area (Å²) in [5.41, 5.74) is 1.34. The van der Waals surface area contributed by atoms with Gasteiger partial charge >= 0.3 is 0 Å². The zero-order chi connectivity index (χ0) is 13.4. The fraction of sp³-hybridized carbons (Fsp3) is 0.625. The summed E-state index contributed by atoms with van der Waals surface area (Å²) in [5.74, 6) is 2.27. The highest BCUT2D eigenvalue weighted by Crippen LogP contribution is 2.34. The lowest BCUT2D eigenvalue weighted by molar-refractivity contribution is 0.357. The van der Waals surface area contributed by atoms with E-state index in [1.54, 1.807) is 7.11 Å². The van der Waals surface area contributed by atoms with Gasteiger partial charge in [-0.3, -0.25) is 0 Å². The van der Waals surface area contributed by atoms with Gasteiger partial charge in [-0.1, -0.05) is 51.8 Å². The smallest absolute Gasteiger partial charge is 0.122 e. The van der Waals surface area contributed by atoms with Crippen molar-refractivity contribution in [2.45, 2.75) is 39.5 Å². The molecule has 0 aliphatic rings. The van der Waals surface area contributed by atoms with Gasteiger partial charge in [-0.25, -0.2) is 0 Å². The van der Waals surface area contributed by atoms with Crippen molar-refractivity contribution in [3.05, 3.63) is 29.8 Å². The highest BCUT2D eigenvalue weighted by atomic mass is 16.5. The summed E-state index contributed by atoms with van der Waals surface area (Å²) >= 11 is 0. The van der Waals surface area contributed by atoms with Crippen molar-refractivity contribution in [1.29, 1.82) is 0 Å². The van der Waals surface area contributed by atoms with Gasteiger partial charge in [0.2, 0.25) is 0 Å². The molecule has 0 radical (unpaired) electrons. The first-order valence-corrected chi connectivity index (χ1v) is 7.11. The summed E-state index contributed by atoms with van der Waals surface area (Å²) in [4.78, 5) is 0. The number of ether oxygens (including phenoxy) is 1. The monoisotopic (exact) mass is 249 g/mol. The standard InChI is InChI=1S/C16H27NO/c1-5-13(6-2)15(12-17-7-3)14-10-8-9-11-16(14)18-4/h8-11,13,15,17H,5-7,12H2,1-4H3. The molecule has 1 N–H and O–H groups in total. The van der Waals surface area contributed by atoms with Crippen molar-refractivity contribution >= 4 is 0 Å². The van der Waals surface area contributed by atoms with Gasteiger partial charge in [0.25, 0.3) is 0 Å². The third-order valence-corrected chi connectivity index (χ3v) is 3.77. The van der Waals surface area contributed by atoms with Gasteiger partial charge in [-0.2, -0.15) is 0 Å². The third kappa shape index (κ3) is 3.74. The summed E-state index contributed by atoms with van der Waals surface area (Å²) in [6.45, 7) is 8.77. The van der Waals surface area contributed by atoms with Gasteiger partial charge in [0.05, 0.1) is 7.11 Å². The lowest BCUT2D eigenvalue weighted by Gasteiger charge is -2.27. The lowest BCUT2D eigenvalue weighted by Crippen LogP contribution is -2.26. The van der Waals surface area contributed by atoms with Crippen LogP contribution in [0.5, 0.6) is 5.75 Å². The molecule has 0 aliphatic heterocycles. The van der Waals surface area contributed by atoms with Crippen LogP contribution in [0.15, 0.2) is 24.3 Å². The largest absolute Gasteiger partial charge is 0.496 e. The molecule has 0 spiro atoms. The van der Waals surface area contributed by atoms with Gasteiger partial charge in [-0.05, 0) is 24.1 Å². The van der Waals surface area contributed by atoms with Crippen LogP contribution < -0.4 is 10.1 Å². The fourth-order valence-electron chi connectivity index (χ4n) is 2.66. The van der Waals surface area contributed by atoms with Crippen LogP contribution in [0.4, 0.5) is 0 Å². The van der Waals surface area contributed by atoms with Crippen molar-refractivity contribution in [1.82, 2.24) is 5.32 Å². The van der Waals surface area contributed by atoms with E-state index in [4.69, 9.17) is 4.74 Å². The maximum Gasteiger partial charge on any atom is 0.122 e. The van der Waals surface area contributed by atoms with Crippen molar-refractivity contribution in [3.8, 4) is 5.75 Å². The van der Waals surface area contributed by atoms with Crippen LogP contribution in [0.2, 0.25) is 0 Å². The van der Waals surface area contributed by atoms with Crippen molar-refractivity contribution in [2.24, 2.45) is 5.92 Å². The van der Waals surface area contributed by atoms with Crippen molar-refractivity contribution in [3.63, 3.8) is 0 Å². The Morgan fingerprint density at radius 2 is 1.78 bits per heavy atom. The topological polar surface area (TPSA) is 21.3 Å². The third-order valence-electron chi connectivity index (χ3n) is 3.77. The molecule has 102 valence electrons. The Morgan fingerprint density at radius 3 is 2.33 bits per heavy atom. The minimum atomic E-state index is 0.538. The summed E-state index contributed by atoms with van der Waals surface area (Å²) in [5, 5.41) is 3.49. The van der Waals surface area contributed by atoms with Crippen LogP contribution in [0.25, 0.3) is 0 Å². The summed E-state index contributed by atoms with van der Waals surface area (Å²) in [7, 11) is 1.76. The maximum atomic E-state index is 5.52. The Bertz CT molecular complexity index is 334. The zero-order valence-electron chi connectivity index (χ0n) is 12.2. The van der Waals surface area contributed by atoms with E-state index in [2.05, 4.69) is 44.3 Å². The second-order valence-corrected chi connectivity index (χ2v) is 4.73. The normalized spacial score (nSPS) is 12.7. The van der Waals surface area contributed by atoms with Crippen LogP contribution in [-0.2, 0) is 0 Å². The molecule has 1 atom stereocenters. The number of hydrogen-bond donors (Lipinski definition) is 1. The van der Waals surface area contributed by atoms with E-state index in [9.17, 15) is 0 Å². The Balaban J connectivity index is 2.99. The fourth-order valence-corrected chi connectivity index (χ4v) is 2.66. The van der Waals surface area contributed by atoms with Crippen LogP contribution in [-0.4, -0.2) is 20.2 Å². The first-order valence-electron chi connectivity index (χ1n) is 7.11. The Kier molecular flexibility index (Phi) is 6.81. The molecule has 0 saturated heterocycles. The Labute approximate surface area is 112 Å². The maximum absolute atomic E-state index is 5.52. The molecule has 1 rings (SSSR count). The van der Waals surface area contributed by atoms with Crippen molar-refractivity contribution < 1.29 is 4.74 Å². The number of rotatable bonds is 8. The molecule has 1 unspecified atom stereocenters. The molecule has 0 aliphatic carbocycles. The summed E-state index contributed by atoms with van der Waals surface area (Å²) in [6.07, 6.45) is 2.43. The number of likely N-dealkylation sites (N-methyl/N-ethyl adjacent to an activating group) is 1. The van der Waals surface area contributed by atoms with E-state index < -0.39 is 0 Å². The second-order valence-electron chi connectivity index (χ2n) is 4.73. The number of nitrogens with one attached hydrogen (secondary N) is 1. The minimum Gasteiger partial charge on any atom is -0.496 e. The molecule has 2 heteroatoms. The molecule has 0 bridgehead atoms. The zero-order valence-corrected chi connectivity index (χ0v) is 12.2. The number of para-hydroxylation sites is 1. The quantitative estimate of drug-likeness (QED) is 0.756. The highest BCUT2D eigenvalue weighted by Gasteiger charge is 2.22. The van der Waals surface area contributed by atoms with Gasteiger partial charge in [0.15, 0.2) is 0 Å². The molecule has 2 nitrogen and oxygen atoms in total. The molecule has 1 aromatic carbocycles. The van der Waals surface area contributed by atoms with E-state index in [-0.39, 0.29) is 0 Å². The molecule has 0 amide bonds. The average Bonchev–Trinajstić information content (AvgIpc) is 2.43. The summed E-state index contributed by atoms with van der Waals surface area (Å²) in [6, 6.07) is 8.43. The predicted molar refractivity (Wildman–Crippen MR) is 78.4 cm³/mol. The van der Waals surface area contributed by atoms with Crippen LogP contribution in [0.1, 0.15) is 45.1 Å². The first-order chi connectivity index (χ1) is 8.78. The lowest BCUT2D eigenvalue weighted by atomic mass is 9.82. The van der Waals surface area contributed by atoms with Crippen molar-refractivity contribution in [2.75, 3.05) is 20.2 Å². The second kappa shape index (κ2) is 8.15. The van der Waals surface area contributed by atoms with Gasteiger partial charge in [0.1, 0.15) is 5.75 Å². The predicted octanol–water partition coefficient (Wildman–Crippen LogP) is 3.82. The molecule has 18 heavy (non-hydrogen) atoms. The van der Waals surface area contributed by atoms with E-state index in [0.29, 0.717) is 11.8 Å². The Morgan fingerprint density at radius 1 is 1.11 bits per heavy atom. The van der Waals surface area contributed by atoms with Crippen LogP contribution >= 0.6 is 0 Å². The van der Waals surface area contributed by atoms with Gasteiger partial charge < -0.3 is 10.1 Å². The van der Waals surface area contributed by atoms with E-state index in [1.807, 2.05) is 6.07 Å². The minimum absolute atomic E-state index is 0.538. The van der Waals surface area contributed by atoms with Gasteiger partial charge in [-0.15, -0.1) is 0 Å². The number of hydrogen-bond acceptors (Lipinski definition) is 2. The molecular weight excluding hydrogens is 222 g/mol. The number of methoxy groups -OCH3 is 1. The molecule has 0 saturated carbocycles. The summed E-state index contributed by atoms with van der Waals surface area (Å²) < 4.78 is 5.52. The van der Waals surface area contributed by atoms with Gasteiger partial charge in [0, 0.05) is 12.5 Å². The molecule has 0 heterocycles.